The number of hydrogen-bond donors (Lipinski definition) is 2. The van der Waals surface area contributed by atoms with E-state index < -0.39 is 18.5 Å². The molecule has 10 heteroatoms. The van der Waals surface area contributed by atoms with Crippen LogP contribution in [0.5, 0.6) is 5.88 Å². The fourth-order valence-electron chi connectivity index (χ4n) is 2.16. The number of aromatic nitrogens is 3. The topological polar surface area (TPSA) is 80.5 Å². The maximum absolute atomic E-state index is 12.2. The molecule has 0 atom stereocenters. The third kappa shape index (κ3) is 4.13. The molecule has 0 aliphatic carbocycles. The van der Waals surface area contributed by atoms with Gasteiger partial charge in [-0.05, 0) is 30.7 Å². The first kappa shape index (κ1) is 16.9. The average Bonchev–Trinajstić information content (AvgIpc) is 2.89. The second-order valence-corrected chi connectivity index (χ2v) is 5.51. The van der Waals surface area contributed by atoms with Gasteiger partial charge in [-0.2, -0.15) is 13.9 Å². The average molecular weight is 368 g/mol. The van der Waals surface area contributed by atoms with Gasteiger partial charge >= 0.3 is 12.6 Å². The summed E-state index contributed by atoms with van der Waals surface area (Å²) in [4.78, 5) is 15.6. The molecule has 25 heavy (non-hydrogen) atoms. The number of carbonyl (C=O) groups is 1. The van der Waals surface area contributed by atoms with Crippen LogP contribution in [0, 0.1) is 6.92 Å². The Morgan fingerprint density at radius 3 is 2.64 bits per heavy atom. The number of nitrogens with zero attached hydrogens (tertiary/aromatic N) is 3. The molecule has 2 N–H and O–H groups in total. The maximum atomic E-state index is 12.2. The van der Waals surface area contributed by atoms with Gasteiger partial charge in [-0.15, -0.1) is 0 Å². The number of ether oxygens (including phenoxy) is 1. The van der Waals surface area contributed by atoms with Gasteiger partial charge in [0, 0.05) is 6.20 Å². The number of halogens is 3. The highest BCUT2D eigenvalue weighted by Gasteiger charge is 2.12. The molecular weight excluding hydrogens is 356 g/mol. The molecule has 0 bridgehead atoms. The van der Waals surface area contributed by atoms with Crippen molar-refractivity contribution >= 4 is 34.5 Å². The van der Waals surface area contributed by atoms with Gasteiger partial charge in [0.25, 0.3) is 0 Å². The Kier molecular flexibility index (Phi) is 4.66. The Morgan fingerprint density at radius 1 is 1.24 bits per heavy atom. The van der Waals surface area contributed by atoms with Crippen molar-refractivity contribution < 1.29 is 18.3 Å². The van der Waals surface area contributed by atoms with E-state index in [0.717, 1.165) is 17.3 Å². The summed E-state index contributed by atoms with van der Waals surface area (Å²) in [7, 11) is 0. The van der Waals surface area contributed by atoms with E-state index >= 15 is 0 Å². The fourth-order valence-corrected chi connectivity index (χ4v) is 2.37. The monoisotopic (exact) mass is 367 g/mol. The summed E-state index contributed by atoms with van der Waals surface area (Å²) in [5.74, 6) is -0.416. The summed E-state index contributed by atoms with van der Waals surface area (Å²) in [5, 5.41) is 9.12. The number of carbonyl (C=O) groups excluding carboxylic acids is 1. The summed E-state index contributed by atoms with van der Waals surface area (Å²) in [6.07, 6.45) is 4.51. The number of hydrogen-bond acceptors (Lipinski definition) is 4. The van der Waals surface area contributed by atoms with Crippen LogP contribution >= 0.6 is 11.6 Å². The van der Waals surface area contributed by atoms with Crippen LogP contribution in [0.2, 0.25) is 5.02 Å². The first-order valence-electron chi connectivity index (χ1n) is 7.04. The molecule has 0 unspecified atom stereocenters. The zero-order valence-electron chi connectivity index (χ0n) is 12.8. The number of nitrogens with one attached hydrogen (secondary N) is 2. The van der Waals surface area contributed by atoms with E-state index in [1.165, 1.54) is 12.3 Å². The number of fused-ring (bicyclic) bond motifs is 1. The highest BCUT2D eigenvalue weighted by atomic mass is 35.5. The molecule has 3 aromatic rings. The minimum atomic E-state index is -3.03. The molecule has 3 aromatic heterocycles. The molecule has 0 saturated heterocycles. The van der Waals surface area contributed by atoms with E-state index in [0.29, 0.717) is 5.69 Å². The van der Waals surface area contributed by atoms with Crippen LogP contribution in [0.3, 0.4) is 0 Å². The van der Waals surface area contributed by atoms with Gasteiger partial charge < -0.3 is 15.4 Å². The van der Waals surface area contributed by atoms with Crippen LogP contribution in [0.25, 0.3) is 5.52 Å². The molecule has 130 valence electrons. The van der Waals surface area contributed by atoms with Crippen LogP contribution in [0.4, 0.5) is 25.0 Å². The van der Waals surface area contributed by atoms with Crippen LogP contribution in [0.15, 0.2) is 36.8 Å². The number of rotatable bonds is 4. The lowest BCUT2D eigenvalue weighted by molar-refractivity contribution is -0.0527. The summed E-state index contributed by atoms with van der Waals surface area (Å²) >= 11 is 5.78. The van der Waals surface area contributed by atoms with Gasteiger partial charge in [-0.25, -0.2) is 14.3 Å². The molecule has 0 aromatic carbocycles. The summed E-state index contributed by atoms with van der Waals surface area (Å²) in [6.45, 7) is -1.10. The van der Waals surface area contributed by atoms with Crippen molar-refractivity contribution in [1.29, 1.82) is 0 Å². The molecule has 3 rings (SSSR count). The van der Waals surface area contributed by atoms with Crippen molar-refractivity contribution in [3.63, 3.8) is 0 Å². The van der Waals surface area contributed by atoms with Crippen LogP contribution in [-0.2, 0) is 0 Å². The molecule has 0 radical (unpaired) electrons. The second kappa shape index (κ2) is 6.89. The first-order chi connectivity index (χ1) is 11.9. The Balaban J connectivity index is 1.68. The molecule has 0 aliphatic rings. The number of urea groups is 1. The number of alkyl halides is 2. The van der Waals surface area contributed by atoms with Crippen molar-refractivity contribution in [2.45, 2.75) is 13.5 Å². The minimum Gasteiger partial charge on any atom is -0.415 e. The molecule has 3 heterocycles. The third-order valence-electron chi connectivity index (χ3n) is 3.11. The number of aryl methyl sites for hydroxylation is 1. The molecule has 0 fully saturated rings. The summed E-state index contributed by atoms with van der Waals surface area (Å²) < 4.78 is 30.1. The Morgan fingerprint density at radius 2 is 1.96 bits per heavy atom. The van der Waals surface area contributed by atoms with Gasteiger partial charge in [-0.1, -0.05) is 11.6 Å². The lowest BCUT2D eigenvalue weighted by atomic mass is 10.3. The number of pyridine rings is 1. The Bertz CT molecular complexity index is 931. The zero-order chi connectivity index (χ0) is 18.0. The van der Waals surface area contributed by atoms with E-state index in [4.69, 9.17) is 11.6 Å². The lowest BCUT2D eigenvalue weighted by Crippen LogP contribution is -2.20. The van der Waals surface area contributed by atoms with Crippen molar-refractivity contribution in [3.05, 3.63) is 47.4 Å². The van der Waals surface area contributed by atoms with E-state index in [9.17, 15) is 13.6 Å². The SMILES string of the molecule is Cc1cc2cc(NC(=O)Nc3cnc(OC(F)F)c(Cl)c3)cnn2c1. The molecule has 7 nitrogen and oxygen atoms in total. The van der Waals surface area contributed by atoms with Crippen molar-refractivity contribution in [2.24, 2.45) is 0 Å². The second-order valence-electron chi connectivity index (χ2n) is 5.10. The van der Waals surface area contributed by atoms with Crippen LogP contribution in [-0.4, -0.2) is 27.2 Å². The molecule has 0 spiro atoms. The molecule has 0 saturated carbocycles. The number of amides is 2. The van der Waals surface area contributed by atoms with Gasteiger partial charge in [0.2, 0.25) is 5.88 Å². The van der Waals surface area contributed by atoms with E-state index in [-0.39, 0.29) is 10.7 Å². The van der Waals surface area contributed by atoms with Gasteiger partial charge in [0.05, 0.1) is 29.3 Å². The molecule has 2 amide bonds. The smallest absolute Gasteiger partial charge is 0.388 e. The van der Waals surface area contributed by atoms with Crippen LogP contribution in [0.1, 0.15) is 5.56 Å². The highest BCUT2D eigenvalue weighted by Crippen LogP contribution is 2.26. The Labute approximate surface area is 145 Å². The Hall–Kier alpha value is -2.94. The van der Waals surface area contributed by atoms with Crippen LogP contribution < -0.4 is 15.4 Å². The van der Waals surface area contributed by atoms with Crippen molar-refractivity contribution in [1.82, 2.24) is 14.6 Å². The normalized spacial score (nSPS) is 10.9. The lowest BCUT2D eigenvalue weighted by Gasteiger charge is -2.09. The predicted molar refractivity (Wildman–Crippen MR) is 88.4 cm³/mol. The number of anilines is 2. The fraction of sp³-hybridized carbons (Fsp3) is 0.133. The largest absolute Gasteiger partial charge is 0.415 e. The standard InChI is InChI=1S/C15H12ClF2N5O2/c1-8-2-11-3-9(6-20-23(11)7-8)21-15(24)22-10-4-12(16)13(19-5-10)25-14(17)18/h2-7,14H,1H3,(H2,21,22,24). The van der Waals surface area contributed by atoms with Gasteiger partial charge in [0.15, 0.2) is 0 Å². The van der Waals surface area contributed by atoms with E-state index in [1.54, 1.807) is 10.6 Å². The van der Waals surface area contributed by atoms with E-state index in [1.807, 2.05) is 19.2 Å². The van der Waals surface area contributed by atoms with Gasteiger partial charge in [-0.3, -0.25) is 0 Å². The van der Waals surface area contributed by atoms with E-state index in [2.05, 4.69) is 25.5 Å². The quantitative estimate of drug-likeness (QED) is 0.732. The highest BCUT2D eigenvalue weighted by molar-refractivity contribution is 6.32. The molecular formula is C15H12ClF2N5O2. The predicted octanol–water partition coefficient (Wildman–Crippen LogP) is 3.94. The summed E-state index contributed by atoms with van der Waals surface area (Å²) in [6, 6.07) is 4.37. The minimum absolute atomic E-state index is 0.148. The first-order valence-corrected chi connectivity index (χ1v) is 7.42. The summed E-state index contributed by atoms with van der Waals surface area (Å²) in [5.41, 5.74) is 2.57. The van der Waals surface area contributed by atoms with Gasteiger partial charge in [0.1, 0.15) is 5.02 Å². The maximum Gasteiger partial charge on any atom is 0.388 e. The third-order valence-corrected chi connectivity index (χ3v) is 3.39. The van der Waals surface area contributed by atoms with Crippen molar-refractivity contribution in [3.8, 4) is 5.88 Å². The zero-order valence-corrected chi connectivity index (χ0v) is 13.6. The molecule has 0 aliphatic heterocycles. The van der Waals surface area contributed by atoms with Crippen molar-refractivity contribution in [2.75, 3.05) is 10.6 Å².